The summed E-state index contributed by atoms with van der Waals surface area (Å²) in [5, 5.41) is 3.70. The molecule has 0 aliphatic rings. The highest BCUT2D eigenvalue weighted by atomic mass is 35.5. The fourth-order valence-electron chi connectivity index (χ4n) is 0.939. The Morgan fingerprint density at radius 2 is 1.78 bits per heavy atom. The van der Waals surface area contributed by atoms with Crippen molar-refractivity contribution in [2.45, 2.75) is 13.8 Å². The van der Waals surface area contributed by atoms with Gasteiger partial charge in [-0.05, 0) is 37.0 Å². The molecule has 1 rings (SSSR count). The van der Waals surface area contributed by atoms with Crippen molar-refractivity contribution in [3.63, 3.8) is 0 Å². The molecule has 0 saturated carbocycles. The number of hydrogen-bond donors (Lipinski definition) is 3. The third-order valence-electron chi connectivity index (χ3n) is 1.63. The third kappa shape index (κ3) is 8.59. The van der Waals surface area contributed by atoms with Gasteiger partial charge in [0.05, 0.1) is 10.0 Å². The Labute approximate surface area is 128 Å². The highest BCUT2D eigenvalue weighted by Gasteiger charge is 2.14. The Morgan fingerprint density at radius 1 is 1.33 bits per heavy atom. The predicted molar refractivity (Wildman–Crippen MR) is 86.8 cm³/mol. The summed E-state index contributed by atoms with van der Waals surface area (Å²) in [6.07, 6.45) is 0. The van der Waals surface area contributed by atoms with Crippen LogP contribution in [0.1, 0.15) is 13.8 Å². The highest BCUT2D eigenvalue weighted by Crippen LogP contribution is 2.50. The summed E-state index contributed by atoms with van der Waals surface area (Å²) in [5.74, 6) is 0.173. The van der Waals surface area contributed by atoms with E-state index in [0.29, 0.717) is 10.0 Å². The Kier molecular flexibility index (Phi) is 9.70. The number of benzene rings is 1. The maximum Gasteiger partial charge on any atom is 0.291 e. The third-order valence-corrected chi connectivity index (χ3v) is 3.11. The van der Waals surface area contributed by atoms with Gasteiger partial charge < -0.3 is 14.7 Å². The lowest BCUT2D eigenvalue weighted by Gasteiger charge is -2.12. The molecule has 0 saturated heterocycles. The van der Waals surface area contributed by atoms with E-state index in [4.69, 9.17) is 27.7 Å². The number of rotatable bonds is 4. The molecular formula is C10H16Cl2NO2PS2. The lowest BCUT2D eigenvalue weighted by Crippen LogP contribution is -2.09. The first kappa shape index (κ1) is 18.5. The molecule has 0 amide bonds. The number of halogens is 2. The van der Waals surface area contributed by atoms with E-state index >= 15 is 0 Å². The zero-order valence-electron chi connectivity index (χ0n) is 10.1. The predicted octanol–water partition coefficient (Wildman–Crippen LogP) is 4.13. The monoisotopic (exact) mass is 347 g/mol. The van der Waals surface area contributed by atoms with Gasteiger partial charge in [0.15, 0.2) is 5.75 Å². The molecule has 0 fully saturated rings. The van der Waals surface area contributed by atoms with E-state index < -0.39 is 5.69 Å². The number of para-hydroxylation sites is 1. The molecule has 3 nitrogen and oxygen atoms in total. The molecule has 0 aromatic heterocycles. The van der Waals surface area contributed by atoms with Gasteiger partial charge in [0.2, 0.25) is 0 Å². The number of nitrogens with one attached hydrogen (secondary N) is 1. The summed E-state index contributed by atoms with van der Waals surface area (Å²) in [6.45, 7) is 6.39. The molecule has 104 valence electrons. The first-order chi connectivity index (χ1) is 8.31. The molecule has 8 heteroatoms. The van der Waals surface area contributed by atoms with Crippen LogP contribution in [0.4, 0.5) is 0 Å². The van der Waals surface area contributed by atoms with Crippen molar-refractivity contribution in [1.29, 1.82) is 0 Å². The summed E-state index contributed by atoms with van der Waals surface area (Å²) in [7, 11) is 0. The molecule has 0 radical (unpaired) electrons. The Bertz CT molecular complexity index is 393. The largest absolute Gasteiger partial charge is 0.433 e. The summed E-state index contributed by atoms with van der Waals surface area (Å²) < 4.78 is 4.95. The second kappa shape index (κ2) is 9.43. The first-order valence-electron chi connectivity index (χ1n) is 5.21. The zero-order valence-corrected chi connectivity index (χ0v) is 14.2. The van der Waals surface area contributed by atoms with Gasteiger partial charge in [-0.1, -0.05) is 55.4 Å². The molecule has 1 aromatic carbocycles. The molecular weight excluding hydrogens is 332 g/mol. The van der Waals surface area contributed by atoms with Crippen LogP contribution in [0.5, 0.6) is 5.75 Å². The smallest absolute Gasteiger partial charge is 0.291 e. The van der Waals surface area contributed by atoms with Gasteiger partial charge in [-0.15, -0.1) is 0 Å². The molecule has 1 atom stereocenters. The van der Waals surface area contributed by atoms with Crippen LogP contribution in [0, 0.1) is 0 Å². The van der Waals surface area contributed by atoms with E-state index in [9.17, 15) is 4.89 Å². The van der Waals surface area contributed by atoms with Gasteiger partial charge >= 0.3 is 0 Å². The van der Waals surface area contributed by atoms with Gasteiger partial charge in [0, 0.05) is 0 Å². The molecule has 0 spiro atoms. The van der Waals surface area contributed by atoms with Gasteiger partial charge in [-0.25, -0.2) is 0 Å². The minimum Gasteiger partial charge on any atom is -0.433 e. The standard InChI is InChI=1S/C6H5Cl2O2PS2.C4H11N/c7-4-2-1-3-5(8)6(4)10-11(9,12)13;1-3-5-4-2/h1-3H,(H2,9,12,13);5H,3-4H2,1-2H3. The van der Waals surface area contributed by atoms with Crippen molar-refractivity contribution in [2.75, 3.05) is 13.1 Å². The molecule has 0 aliphatic heterocycles. The number of thiol groups is 1. The van der Waals surface area contributed by atoms with Crippen LogP contribution in [0.25, 0.3) is 0 Å². The van der Waals surface area contributed by atoms with E-state index in [1.807, 2.05) is 0 Å². The van der Waals surface area contributed by atoms with Crippen LogP contribution < -0.4 is 9.84 Å². The fourth-order valence-corrected chi connectivity index (χ4v) is 2.42. The highest BCUT2D eigenvalue weighted by molar-refractivity contribution is 8.59. The number of hydrogen-bond acceptors (Lipinski definition) is 3. The second-order valence-electron chi connectivity index (χ2n) is 3.09. The molecule has 0 bridgehead atoms. The summed E-state index contributed by atoms with van der Waals surface area (Å²) in [4.78, 5) is 9.17. The van der Waals surface area contributed by atoms with E-state index in [1.165, 1.54) is 0 Å². The van der Waals surface area contributed by atoms with Crippen molar-refractivity contribution in [1.82, 2.24) is 5.32 Å². The molecule has 1 aromatic rings. The molecule has 0 heterocycles. The van der Waals surface area contributed by atoms with Gasteiger partial charge in [-0.2, -0.15) is 0 Å². The van der Waals surface area contributed by atoms with Gasteiger partial charge in [0.25, 0.3) is 5.69 Å². The van der Waals surface area contributed by atoms with Crippen LogP contribution >= 0.6 is 41.1 Å². The summed E-state index contributed by atoms with van der Waals surface area (Å²) in [5.41, 5.74) is -3.08. The Hall–Kier alpha value is 0.520. The lowest BCUT2D eigenvalue weighted by molar-refractivity contribution is 0.505. The van der Waals surface area contributed by atoms with Crippen LogP contribution in [0.15, 0.2) is 18.2 Å². The molecule has 2 N–H and O–H groups in total. The lowest BCUT2D eigenvalue weighted by atomic mass is 10.3. The zero-order chi connectivity index (χ0) is 14.2. The summed E-state index contributed by atoms with van der Waals surface area (Å²) in [6, 6.07) is 4.83. The van der Waals surface area contributed by atoms with E-state index in [1.54, 1.807) is 18.2 Å². The minimum atomic E-state index is -3.08. The van der Waals surface area contributed by atoms with E-state index in [2.05, 4.69) is 43.2 Å². The SMILES string of the molecule is CCNCC.OP(=S)(S)Oc1c(Cl)cccc1Cl. The topological polar surface area (TPSA) is 41.5 Å². The normalized spacial score (nSPS) is 13.2. The van der Waals surface area contributed by atoms with Gasteiger partial charge in [-0.3, -0.25) is 0 Å². The van der Waals surface area contributed by atoms with Crippen molar-refractivity contribution in [3.8, 4) is 5.75 Å². The van der Waals surface area contributed by atoms with Crippen molar-refractivity contribution < 1.29 is 9.42 Å². The van der Waals surface area contributed by atoms with Crippen LogP contribution in [-0.2, 0) is 11.8 Å². The average Bonchev–Trinajstić information content (AvgIpc) is 2.24. The van der Waals surface area contributed by atoms with E-state index in [-0.39, 0.29) is 5.75 Å². The molecule has 1 unspecified atom stereocenters. The van der Waals surface area contributed by atoms with Crippen molar-refractivity contribution >= 4 is 53.0 Å². The summed E-state index contributed by atoms with van der Waals surface area (Å²) >= 11 is 19.8. The minimum absolute atomic E-state index is 0.173. The van der Waals surface area contributed by atoms with Crippen molar-refractivity contribution in [3.05, 3.63) is 28.2 Å². The quantitative estimate of drug-likeness (QED) is 0.565. The fraction of sp³-hybridized carbons (Fsp3) is 0.400. The molecule has 18 heavy (non-hydrogen) atoms. The van der Waals surface area contributed by atoms with Crippen LogP contribution in [0.3, 0.4) is 0 Å². The van der Waals surface area contributed by atoms with E-state index in [0.717, 1.165) is 13.1 Å². The maximum atomic E-state index is 9.17. The van der Waals surface area contributed by atoms with Crippen LogP contribution in [-0.4, -0.2) is 18.0 Å². The van der Waals surface area contributed by atoms with Crippen molar-refractivity contribution in [2.24, 2.45) is 0 Å². The molecule has 0 aliphatic carbocycles. The Morgan fingerprint density at radius 3 is 2.06 bits per heavy atom. The first-order valence-corrected chi connectivity index (χ1v) is 9.79. The maximum absolute atomic E-state index is 9.17. The average molecular weight is 348 g/mol. The Balaban J connectivity index is 0.000000494. The van der Waals surface area contributed by atoms with Crippen LogP contribution in [0.2, 0.25) is 10.0 Å². The van der Waals surface area contributed by atoms with Gasteiger partial charge in [0.1, 0.15) is 0 Å². The second-order valence-corrected chi connectivity index (χ2v) is 8.99.